The Labute approximate surface area is 200 Å². The molecule has 1 aromatic rings. The van der Waals surface area contributed by atoms with Crippen molar-refractivity contribution in [2.45, 2.75) is 56.6 Å². The van der Waals surface area contributed by atoms with E-state index >= 15 is 0 Å². The summed E-state index contributed by atoms with van der Waals surface area (Å²) in [4.78, 5) is 46.4. The summed E-state index contributed by atoms with van der Waals surface area (Å²) >= 11 is 1.26. The minimum atomic E-state index is -1.71. The Bertz CT molecular complexity index is 1030. The van der Waals surface area contributed by atoms with E-state index in [0.717, 1.165) is 0 Å². The average molecular weight is 495 g/mol. The van der Waals surface area contributed by atoms with Crippen LogP contribution in [0.3, 0.4) is 0 Å². The number of nitrogen functional groups attached to an aromatic ring is 1. The molecule has 0 bridgehead atoms. The lowest BCUT2D eigenvalue weighted by Crippen LogP contribution is -2.59. The first-order valence-electron chi connectivity index (χ1n) is 10.2. The number of rotatable bonds is 8. The van der Waals surface area contributed by atoms with Gasteiger partial charge in [0.05, 0.1) is 15.7 Å². The van der Waals surface area contributed by atoms with Gasteiger partial charge in [-0.3, -0.25) is 19.3 Å². The number of hydrogen-bond acceptors (Lipinski definition) is 13. The normalized spacial score (nSPS) is 25.5. The third-order valence-electron chi connectivity index (χ3n) is 4.93. The molecule has 0 spiro atoms. The van der Waals surface area contributed by atoms with Crippen molar-refractivity contribution in [3.63, 3.8) is 0 Å². The van der Waals surface area contributed by atoms with Crippen LogP contribution in [0.15, 0.2) is 35.0 Å². The van der Waals surface area contributed by atoms with Gasteiger partial charge in [-0.25, -0.2) is 4.98 Å². The van der Waals surface area contributed by atoms with E-state index in [1.165, 1.54) is 38.7 Å². The van der Waals surface area contributed by atoms with Crippen LogP contribution in [-0.4, -0.2) is 65.1 Å². The van der Waals surface area contributed by atoms with Crippen LogP contribution in [-0.2, 0) is 38.1 Å². The molecule has 34 heavy (non-hydrogen) atoms. The number of ether oxygens (including phenoxy) is 5. The number of hydrogen-bond donors (Lipinski definition) is 1. The van der Waals surface area contributed by atoms with Gasteiger partial charge in [-0.1, -0.05) is 24.9 Å². The van der Waals surface area contributed by atoms with Crippen molar-refractivity contribution in [1.29, 1.82) is 0 Å². The molecule has 2 N–H and O–H groups in total. The zero-order valence-corrected chi connectivity index (χ0v) is 20.0. The number of carbonyl (C=O) groups excluding carboxylic acids is 3. The standard InChI is InChI=1S/C21H26N4O8S/c1-10(2)30-9-21(33-14(6)28)16(8-29-12(4)26)32-19(17(21)31-13(5)27)25-11(3)34-15-7-23-20(22)24-18(15)25/h7,16-17,19H,1,3,8-9H2,2,4-6H3,(H2,22,23,24)/t16-,17+,19-,21+/m1/s1. The predicted molar refractivity (Wildman–Crippen MR) is 120 cm³/mol. The van der Waals surface area contributed by atoms with E-state index in [2.05, 4.69) is 23.1 Å². The van der Waals surface area contributed by atoms with Gasteiger partial charge in [0.15, 0.2) is 18.1 Å². The molecule has 184 valence electrons. The van der Waals surface area contributed by atoms with Crippen LogP contribution in [0.5, 0.6) is 0 Å². The third kappa shape index (κ3) is 5.09. The lowest BCUT2D eigenvalue weighted by molar-refractivity contribution is -0.195. The maximum Gasteiger partial charge on any atom is 0.303 e. The molecule has 0 amide bonds. The summed E-state index contributed by atoms with van der Waals surface area (Å²) in [6, 6.07) is 0. The smallest absolute Gasteiger partial charge is 0.303 e. The first-order valence-corrected chi connectivity index (χ1v) is 11.0. The van der Waals surface area contributed by atoms with Gasteiger partial charge in [-0.2, -0.15) is 4.98 Å². The van der Waals surface area contributed by atoms with Gasteiger partial charge in [0.25, 0.3) is 0 Å². The van der Waals surface area contributed by atoms with Gasteiger partial charge in [0.2, 0.25) is 11.5 Å². The summed E-state index contributed by atoms with van der Waals surface area (Å²) in [6.07, 6.45) is -1.89. The van der Waals surface area contributed by atoms with Crippen LogP contribution in [0.4, 0.5) is 11.8 Å². The summed E-state index contributed by atoms with van der Waals surface area (Å²) < 4.78 is 28.4. The van der Waals surface area contributed by atoms with Gasteiger partial charge in [0.1, 0.15) is 19.3 Å². The number of aromatic nitrogens is 2. The molecule has 12 nitrogen and oxygen atoms in total. The predicted octanol–water partition coefficient (Wildman–Crippen LogP) is 1.51. The molecule has 1 saturated heterocycles. The van der Waals surface area contributed by atoms with Crippen molar-refractivity contribution >= 4 is 41.4 Å². The molecule has 0 radical (unpaired) electrons. The largest absolute Gasteiger partial charge is 0.494 e. The van der Waals surface area contributed by atoms with E-state index in [1.54, 1.807) is 11.8 Å². The van der Waals surface area contributed by atoms with Gasteiger partial charge in [-0.05, 0) is 6.92 Å². The Morgan fingerprint density at radius 2 is 1.91 bits per heavy atom. The Morgan fingerprint density at radius 1 is 1.21 bits per heavy atom. The fourth-order valence-electron chi connectivity index (χ4n) is 3.69. The second-order valence-corrected chi connectivity index (χ2v) is 8.78. The average Bonchev–Trinajstić information content (AvgIpc) is 3.18. The molecule has 0 unspecified atom stereocenters. The van der Waals surface area contributed by atoms with E-state index in [9.17, 15) is 14.4 Å². The summed E-state index contributed by atoms with van der Waals surface area (Å²) in [7, 11) is 0. The summed E-state index contributed by atoms with van der Waals surface area (Å²) in [5, 5.41) is 0.475. The summed E-state index contributed by atoms with van der Waals surface area (Å²) in [6.45, 7) is 12.4. The van der Waals surface area contributed by atoms with Crippen molar-refractivity contribution < 1.29 is 38.1 Å². The Kier molecular flexibility index (Phi) is 7.36. The zero-order chi connectivity index (χ0) is 25.2. The molecule has 13 heteroatoms. The highest BCUT2D eigenvalue weighted by molar-refractivity contribution is 8.03. The van der Waals surface area contributed by atoms with Crippen molar-refractivity contribution in [3.8, 4) is 0 Å². The molecule has 4 atom stereocenters. The molecule has 2 aliphatic heterocycles. The maximum absolute atomic E-state index is 12.2. The van der Waals surface area contributed by atoms with Crippen LogP contribution in [0.1, 0.15) is 27.7 Å². The highest BCUT2D eigenvalue weighted by atomic mass is 32.2. The van der Waals surface area contributed by atoms with Crippen molar-refractivity contribution in [2.75, 3.05) is 23.8 Å². The molecule has 2 aliphatic rings. The Morgan fingerprint density at radius 3 is 2.50 bits per heavy atom. The van der Waals surface area contributed by atoms with Gasteiger partial charge >= 0.3 is 17.9 Å². The summed E-state index contributed by atoms with van der Waals surface area (Å²) in [5.74, 6) is -1.25. The zero-order valence-electron chi connectivity index (χ0n) is 19.2. The van der Waals surface area contributed by atoms with E-state index in [-0.39, 0.29) is 19.2 Å². The number of anilines is 2. The third-order valence-corrected chi connectivity index (χ3v) is 5.87. The molecular weight excluding hydrogens is 468 g/mol. The van der Waals surface area contributed by atoms with Crippen LogP contribution < -0.4 is 10.6 Å². The lowest BCUT2D eigenvalue weighted by Gasteiger charge is -2.37. The fourth-order valence-corrected chi connectivity index (χ4v) is 4.58. The molecule has 3 rings (SSSR count). The Hall–Kier alpha value is -3.32. The first-order chi connectivity index (χ1) is 15.9. The number of nitrogens with two attached hydrogens (primary N) is 1. The molecular formula is C21H26N4O8S. The SMILES string of the molecule is C=C(C)OC[C@]1(OC(C)=O)[C@@H](COC(C)=O)O[C@@H](N2C(=C)Sc3cnc(N)nc32)[C@@H]1OC(C)=O. The minimum absolute atomic E-state index is 0.00871. The number of carbonyl (C=O) groups is 3. The van der Waals surface area contributed by atoms with Crippen LogP contribution in [0, 0.1) is 0 Å². The second-order valence-electron chi connectivity index (χ2n) is 7.67. The molecule has 0 aliphatic carbocycles. The van der Waals surface area contributed by atoms with E-state index in [1.807, 2.05) is 0 Å². The van der Waals surface area contributed by atoms with E-state index < -0.39 is 41.9 Å². The highest BCUT2D eigenvalue weighted by Crippen LogP contribution is 2.49. The monoisotopic (exact) mass is 494 g/mol. The molecule has 1 fully saturated rings. The van der Waals surface area contributed by atoms with Crippen molar-refractivity contribution in [2.24, 2.45) is 0 Å². The maximum atomic E-state index is 12.2. The van der Waals surface area contributed by atoms with Crippen LogP contribution in [0.2, 0.25) is 0 Å². The van der Waals surface area contributed by atoms with Gasteiger partial charge < -0.3 is 29.4 Å². The topological polar surface area (TPSA) is 152 Å². The van der Waals surface area contributed by atoms with Crippen molar-refractivity contribution in [3.05, 3.63) is 30.1 Å². The summed E-state index contributed by atoms with van der Waals surface area (Å²) in [5.41, 5.74) is 4.09. The van der Waals surface area contributed by atoms with Gasteiger partial charge in [-0.15, -0.1) is 0 Å². The molecule has 0 saturated carbocycles. The molecule has 0 aromatic carbocycles. The van der Waals surface area contributed by atoms with Crippen LogP contribution in [0.25, 0.3) is 0 Å². The van der Waals surface area contributed by atoms with Crippen molar-refractivity contribution in [1.82, 2.24) is 9.97 Å². The van der Waals surface area contributed by atoms with Gasteiger partial charge in [0, 0.05) is 27.0 Å². The number of nitrogens with zero attached hydrogens (tertiary/aromatic N) is 3. The van der Waals surface area contributed by atoms with E-state index in [4.69, 9.17) is 29.4 Å². The number of esters is 3. The number of thioether (sulfide) groups is 1. The first kappa shape index (κ1) is 25.3. The van der Waals surface area contributed by atoms with Crippen LogP contribution >= 0.6 is 11.8 Å². The highest BCUT2D eigenvalue weighted by Gasteiger charge is 2.65. The molecule has 3 heterocycles. The minimum Gasteiger partial charge on any atom is -0.494 e. The Balaban J connectivity index is 2.14. The number of fused-ring (bicyclic) bond motifs is 1. The van der Waals surface area contributed by atoms with E-state index in [0.29, 0.717) is 21.5 Å². The number of allylic oxidation sites excluding steroid dienone is 1. The fraction of sp³-hybridized carbons (Fsp3) is 0.476. The second kappa shape index (κ2) is 9.89. The quantitative estimate of drug-likeness (QED) is 0.316. The molecule has 1 aromatic heterocycles. The lowest BCUT2D eigenvalue weighted by atomic mass is 9.92.